The summed E-state index contributed by atoms with van der Waals surface area (Å²) in [5.41, 5.74) is 4.27. The van der Waals surface area contributed by atoms with E-state index in [0.717, 1.165) is 68.6 Å². The van der Waals surface area contributed by atoms with Crippen molar-refractivity contribution in [2.45, 2.75) is 58.7 Å². The molecule has 3 heterocycles. The van der Waals surface area contributed by atoms with Crippen molar-refractivity contribution in [2.75, 3.05) is 51.2 Å². The van der Waals surface area contributed by atoms with E-state index in [2.05, 4.69) is 63.6 Å². The number of pyridine rings is 1. The SMILES string of the molecule is C=C(NCC)OC(=NC)c1ccc(N2CCN(C3CCN(Cc4ccc(Cl)cc4)CC3)[C@@H](CC)C2)c(C)n1. The molecule has 4 rings (SSSR count). The number of hydrogen-bond acceptors (Lipinski definition) is 7. The second-order valence-electron chi connectivity index (χ2n) is 10.3. The van der Waals surface area contributed by atoms with E-state index in [4.69, 9.17) is 21.3 Å². The van der Waals surface area contributed by atoms with Gasteiger partial charge in [-0.15, -0.1) is 0 Å². The molecule has 0 radical (unpaired) electrons. The van der Waals surface area contributed by atoms with E-state index in [0.29, 0.717) is 23.9 Å². The van der Waals surface area contributed by atoms with Crippen molar-refractivity contribution < 1.29 is 4.74 Å². The lowest BCUT2D eigenvalue weighted by Gasteiger charge is -2.48. The van der Waals surface area contributed by atoms with Crippen LogP contribution >= 0.6 is 11.6 Å². The van der Waals surface area contributed by atoms with Crippen LogP contribution in [0.1, 0.15) is 50.1 Å². The number of aliphatic imine (C=N–C) groups is 1. The van der Waals surface area contributed by atoms with Crippen molar-refractivity contribution in [2.24, 2.45) is 4.99 Å². The minimum atomic E-state index is 0.476. The highest BCUT2D eigenvalue weighted by molar-refractivity contribution is 6.30. The van der Waals surface area contributed by atoms with E-state index in [-0.39, 0.29) is 0 Å². The first-order valence-corrected chi connectivity index (χ1v) is 14.3. The normalized spacial score (nSPS) is 20.0. The van der Waals surface area contributed by atoms with Crippen LogP contribution in [-0.4, -0.2) is 79.1 Å². The predicted molar refractivity (Wildman–Crippen MR) is 158 cm³/mol. The molecule has 7 nitrogen and oxygen atoms in total. The van der Waals surface area contributed by atoms with Gasteiger partial charge < -0.3 is 15.0 Å². The fraction of sp³-hybridized carbons (Fsp3) is 0.533. The maximum Gasteiger partial charge on any atom is 0.242 e. The molecule has 0 aliphatic carbocycles. The van der Waals surface area contributed by atoms with Crippen molar-refractivity contribution in [3.05, 3.63) is 70.8 Å². The molecule has 0 saturated carbocycles. The van der Waals surface area contributed by atoms with Gasteiger partial charge in [0, 0.05) is 56.9 Å². The van der Waals surface area contributed by atoms with Crippen molar-refractivity contribution in [1.29, 1.82) is 0 Å². The number of rotatable bonds is 9. The number of benzene rings is 1. The third-order valence-corrected chi connectivity index (χ3v) is 8.01. The van der Waals surface area contributed by atoms with E-state index in [9.17, 15) is 0 Å². The van der Waals surface area contributed by atoms with Crippen LogP contribution in [0.25, 0.3) is 0 Å². The Morgan fingerprint density at radius 3 is 2.47 bits per heavy atom. The average molecular weight is 539 g/mol. The van der Waals surface area contributed by atoms with E-state index in [1.165, 1.54) is 24.1 Å². The maximum absolute atomic E-state index is 6.06. The third kappa shape index (κ3) is 7.07. The molecule has 2 aromatic rings. The monoisotopic (exact) mass is 538 g/mol. The number of nitrogens with zero attached hydrogens (tertiary/aromatic N) is 5. The molecule has 0 unspecified atom stereocenters. The lowest BCUT2D eigenvalue weighted by Crippen LogP contribution is -2.58. The zero-order valence-electron chi connectivity index (χ0n) is 23.4. The Morgan fingerprint density at radius 1 is 1.11 bits per heavy atom. The highest BCUT2D eigenvalue weighted by atomic mass is 35.5. The molecule has 2 aliphatic rings. The fourth-order valence-corrected chi connectivity index (χ4v) is 5.88. The molecule has 2 aliphatic heterocycles. The van der Waals surface area contributed by atoms with Crippen LogP contribution in [0, 0.1) is 6.92 Å². The van der Waals surface area contributed by atoms with Gasteiger partial charge in [-0.25, -0.2) is 4.98 Å². The zero-order valence-corrected chi connectivity index (χ0v) is 24.2. The van der Waals surface area contributed by atoms with Gasteiger partial charge in [0.15, 0.2) is 5.88 Å². The lowest BCUT2D eigenvalue weighted by molar-refractivity contribution is 0.0612. The molecule has 0 bridgehead atoms. The van der Waals surface area contributed by atoms with Crippen molar-refractivity contribution in [1.82, 2.24) is 20.1 Å². The first-order chi connectivity index (χ1) is 18.4. The zero-order chi connectivity index (χ0) is 27.1. The van der Waals surface area contributed by atoms with Crippen LogP contribution in [0.15, 0.2) is 53.9 Å². The smallest absolute Gasteiger partial charge is 0.242 e. The minimum absolute atomic E-state index is 0.476. The van der Waals surface area contributed by atoms with Gasteiger partial charge in [0.2, 0.25) is 5.90 Å². The third-order valence-electron chi connectivity index (χ3n) is 7.76. The van der Waals surface area contributed by atoms with Crippen molar-refractivity contribution >= 4 is 23.2 Å². The van der Waals surface area contributed by atoms with Crippen LogP contribution < -0.4 is 10.2 Å². The van der Waals surface area contributed by atoms with Gasteiger partial charge in [0.1, 0.15) is 5.69 Å². The Balaban J connectivity index is 1.34. The molecule has 1 aromatic heterocycles. The number of nitrogens with one attached hydrogen (secondary N) is 1. The highest BCUT2D eigenvalue weighted by Crippen LogP contribution is 2.28. The van der Waals surface area contributed by atoms with Crippen LogP contribution in [-0.2, 0) is 11.3 Å². The molecule has 8 heteroatoms. The van der Waals surface area contributed by atoms with Gasteiger partial charge in [-0.05, 0) is 82.6 Å². The summed E-state index contributed by atoms with van der Waals surface area (Å²) in [6, 6.07) is 13.7. The van der Waals surface area contributed by atoms with Gasteiger partial charge in [0.25, 0.3) is 0 Å². The van der Waals surface area contributed by atoms with Gasteiger partial charge in [-0.1, -0.05) is 30.7 Å². The Labute approximate surface area is 233 Å². The average Bonchev–Trinajstić information content (AvgIpc) is 2.93. The van der Waals surface area contributed by atoms with Gasteiger partial charge in [0.05, 0.1) is 11.4 Å². The topological polar surface area (TPSA) is 56.2 Å². The summed E-state index contributed by atoms with van der Waals surface area (Å²) in [7, 11) is 1.71. The van der Waals surface area contributed by atoms with Gasteiger partial charge in [-0.2, -0.15) is 0 Å². The molecule has 1 N–H and O–H groups in total. The summed E-state index contributed by atoms with van der Waals surface area (Å²) < 4.78 is 5.78. The quantitative estimate of drug-likeness (QED) is 0.273. The Hall–Kier alpha value is -2.61. The molecular weight excluding hydrogens is 496 g/mol. The second kappa shape index (κ2) is 13.5. The molecule has 0 amide bonds. The largest absolute Gasteiger partial charge is 0.422 e. The number of anilines is 1. The first-order valence-electron chi connectivity index (χ1n) is 13.9. The number of aryl methyl sites for hydroxylation is 1. The molecule has 0 spiro atoms. The number of piperidine rings is 1. The van der Waals surface area contributed by atoms with Gasteiger partial charge >= 0.3 is 0 Å². The minimum Gasteiger partial charge on any atom is -0.422 e. The molecule has 38 heavy (non-hydrogen) atoms. The summed E-state index contributed by atoms with van der Waals surface area (Å²) in [5, 5.41) is 3.87. The Bertz CT molecular complexity index is 1100. The van der Waals surface area contributed by atoms with Crippen LogP contribution in [0.4, 0.5) is 5.69 Å². The summed E-state index contributed by atoms with van der Waals surface area (Å²) in [6.07, 6.45) is 3.62. The second-order valence-corrected chi connectivity index (χ2v) is 10.7. The number of piperazine rings is 1. The van der Waals surface area contributed by atoms with Crippen LogP contribution in [0.5, 0.6) is 0 Å². The highest BCUT2D eigenvalue weighted by Gasteiger charge is 2.33. The number of aromatic nitrogens is 1. The molecule has 206 valence electrons. The maximum atomic E-state index is 6.06. The predicted octanol–water partition coefficient (Wildman–Crippen LogP) is 5.08. The Kier molecular flexibility index (Phi) is 10.1. The standard InChI is InChI=1S/C30H43ClN6O/c1-6-26-21-36(29-13-12-28(34-22(29)3)30(32-5)38-23(4)33-7-2)18-19-37(26)27-14-16-35(17-15-27)20-24-8-10-25(31)11-9-24/h8-13,26-27,33H,4,6-7,14-21H2,1-3,5H3/t26-/m0/s1. The molecule has 1 aromatic carbocycles. The number of halogens is 1. The molecular formula is C30H43ClN6O. The lowest BCUT2D eigenvalue weighted by atomic mass is 9.97. The summed E-state index contributed by atoms with van der Waals surface area (Å²) >= 11 is 6.06. The molecule has 2 fully saturated rings. The fourth-order valence-electron chi connectivity index (χ4n) is 5.76. The van der Waals surface area contributed by atoms with Gasteiger partial charge in [-0.3, -0.25) is 14.8 Å². The van der Waals surface area contributed by atoms with Crippen molar-refractivity contribution in [3.8, 4) is 0 Å². The van der Waals surface area contributed by atoms with E-state index < -0.39 is 0 Å². The number of ether oxygens (including phenoxy) is 1. The molecule has 2 saturated heterocycles. The van der Waals surface area contributed by atoms with Crippen molar-refractivity contribution in [3.63, 3.8) is 0 Å². The number of hydrogen-bond donors (Lipinski definition) is 1. The van der Waals surface area contributed by atoms with E-state index in [1.54, 1.807) is 7.05 Å². The number of likely N-dealkylation sites (tertiary alicyclic amines) is 1. The van der Waals surface area contributed by atoms with Crippen LogP contribution in [0.2, 0.25) is 5.02 Å². The Morgan fingerprint density at radius 2 is 1.84 bits per heavy atom. The van der Waals surface area contributed by atoms with Crippen LogP contribution in [0.3, 0.4) is 0 Å². The van der Waals surface area contributed by atoms with E-state index in [1.807, 2.05) is 25.1 Å². The summed E-state index contributed by atoms with van der Waals surface area (Å²) in [5.74, 6) is 0.957. The van der Waals surface area contributed by atoms with E-state index >= 15 is 0 Å². The summed E-state index contributed by atoms with van der Waals surface area (Å²) in [6.45, 7) is 17.5. The summed E-state index contributed by atoms with van der Waals surface area (Å²) in [4.78, 5) is 17.0. The molecule has 1 atom stereocenters. The first kappa shape index (κ1) is 28.4.